The largest absolute Gasteiger partial charge is 0.483 e. The average Bonchev–Trinajstić information content (AvgIpc) is 2.77. The Labute approximate surface area is 176 Å². The van der Waals surface area contributed by atoms with E-state index in [1.807, 2.05) is 30.3 Å². The van der Waals surface area contributed by atoms with E-state index in [-0.39, 0.29) is 31.3 Å². The van der Waals surface area contributed by atoms with Crippen LogP contribution in [0.4, 0.5) is 4.39 Å². The lowest BCUT2D eigenvalue weighted by molar-refractivity contribution is -0.139. The molecule has 3 rings (SSSR count). The third kappa shape index (κ3) is 6.93. The topological polar surface area (TPSA) is 81.1 Å². The van der Waals surface area contributed by atoms with E-state index in [0.717, 1.165) is 37.1 Å². The Bertz CT molecular complexity index is 765. The van der Waals surface area contributed by atoms with Gasteiger partial charge in [0.05, 0.1) is 6.61 Å². The van der Waals surface area contributed by atoms with Crippen molar-refractivity contribution in [2.45, 2.75) is 31.8 Å². The predicted octanol–water partition coefficient (Wildman–Crippen LogP) is 3.07. The molecule has 0 aliphatic carbocycles. The Hall–Kier alpha value is -2.77. The highest BCUT2D eigenvalue weighted by Gasteiger charge is 2.32. The second kappa shape index (κ2) is 12.7. The summed E-state index contributed by atoms with van der Waals surface area (Å²) in [6.07, 6.45) is 3.29. The van der Waals surface area contributed by atoms with Crippen molar-refractivity contribution in [1.29, 1.82) is 0 Å². The second-order valence-corrected chi connectivity index (χ2v) is 7.13. The number of halogens is 1. The highest BCUT2D eigenvalue weighted by molar-refractivity contribution is 5.83. The Kier molecular flexibility index (Phi) is 9.97. The van der Waals surface area contributed by atoms with E-state index in [1.165, 1.54) is 18.6 Å². The second-order valence-electron chi connectivity index (χ2n) is 7.13. The van der Waals surface area contributed by atoms with Crippen LogP contribution in [0.2, 0.25) is 0 Å². The number of aliphatic hydroxyl groups excluding tert-OH is 1. The summed E-state index contributed by atoms with van der Waals surface area (Å²) in [7, 11) is 0. The Balaban J connectivity index is 0.00000101. The first-order valence-corrected chi connectivity index (χ1v) is 10.1. The fraction of sp³-hybridized carbons (Fsp3) is 0.391. The first kappa shape index (κ1) is 23.5. The van der Waals surface area contributed by atoms with Gasteiger partial charge in [-0.2, -0.15) is 0 Å². The number of likely N-dealkylation sites (tertiary alicyclic amines) is 1. The average molecular weight is 416 g/mol. The number of amides is 1. The van der Waals surface area contributed by atoms with E-state index in [9.17, 15) is 14.3 Å². The van der Waals surface area contributed by atoms with Crippen LogP contribution in [0.3, 0.4) is 0 Å². The zero-order valence-electron chi connectivity index (χ0n) is 17.0. The van der Waals surface area contributed by atoms with Crippen molar-refractivity contribution in [3.63, 3.8) is 0 Å². The van der Waals surface area contributed by atoms with Gasteiger partial charge in [-0.15, -0.1) is 0 Å². The van der Waals surface area contributed by atoms with Crippen LogP contribution in [0, 0.1) is 5.82 Å². The van der Waals surface area contributed by atoms with E-state index in [4.69, 9.17) is 9.90 Å². The van der Waals surface area contributed by atoms with Crippen LogP contribution < -0.4 is 0 Å². The van der Waals surface area contributed by atoms with Gasteiger partial charge in [0.1, 0.15) is 11.9 Å². The van der Waals surface area contributed by atoms with Crippen LogP contribution in [-0.4, -0.2) is 58.6 Å². The number of carbonyl (C=O) groups is 2. The summed E-state index contributed by atoms with van der Waals surface area (Å²) in [6, 6.07) is 15.6. The fourth-order valence-corrected chi connectivity index (χ4v) is 3.70. The van der Waals surface area contributed by atoms with Crippen LogP contribution >= 0.6 is 0 Å². The van der Waals surface area contributed by atoms with E-state index in [2.05, 4.69) is 4.90 Å². The number of carbonyl (C=O) groups excluding carboxylic acids is 1. The van der Waals surface area contributed by atoms with Gasteiger partial charge in [-0.3, -0.25) is 14.5 Å². The third-order valence-electron chi connectivity index (χ3n) is 5.07. The molecule has 2 N–H and O–H groups in total. The molecule has 0 saturated carbocycles. The van der Waals surface area contributed by atoms with Gasteiger partial charge in [0.2, 0.25) is 5.91 Å². The number of aliphatic hydroxyl groups is 1. The van der Waals surface area contributed by atoms with E-state index in [0.29, 0.717) is 6.54 Å². The number of carboxylic acid groups (broad SMARTS) is 1. The molecule has 1 heterocycles. The van der Waals surface area contributed by atoms with Crippen molar-refractivity contribution < 1.29 is 24.2 Å². The summed E-state index contributed by atoms with van der Waals surface area (Å²) in [5, 5.41) is 16.4. The molecule has 0 aromatic heterocycles. The van der Waals surface area contributed by atoms with Crippen molar-refractivity contribution in [2.75, 3.05) is 26.2 Å². The van der Waals surface area contributed by atoms with Crippen molar-refractivity contribution in [2.24, 2.45) is 0 Å². The molecular formula is C23H29FN2O4. The summed E-state index contributed by atoms with van der Waals surface area (Å²) in [5.41, 5.74) is 1.83. The molecule has 0 spiro atoms. The highest BCUT2D eigenvalue weighted by Crippen LogP contribution is 2.27. The third-order valence-corrected chi connectivity index (χ3v) is 5.07. The van der Waals surface area contributed by atoms with Crippen LogP contribution in [-0.2, 0) is 16.1 Å². The lowest BCUT2D eigenvalue weighted by Crippen LogP contribution is -2.45. The first-order valence-electron chi connectivity index (χ1n) is 10.1. The summed E-state index contributed by atoms with van der Waals surface area (Å²) < 4.78 is 13.4. The molecule has 2 aromatic carbocycles. The number of piperidine rings is 1. The molecule has 1 aliphatic rings. The molecule has 0 radical (unpaired) electrons. The van der Waals surface area contributed by atoms with Gasteiger partial charge in [0, 0.05) is 13.1 Å². The minimum absolute atomic E-state index is 0.0404. The van der Waals surface area contributed by atoms with Crippen molar-refractivity contribution in [3.05, 3.63) is 71.5 Å². The van der Waals surface area contributed by atoms with Crippen molar-refractivity contribution >= 4 is 12.4 Å². The summed E-state index contributed by atoms with van der Waals surface area (Å²) in [4.78, 5) is 25.8. The van der Waals surface area contributed by atoms with Gasteiger partial charge in [0.25, 0.3) is 6.47 Å². The van der Waals surface area contributed by atoms with E-state index in [1.54, 1.807) is 17.0 Å². The Morgan fingerprint density at radius 1 is 1.07 bits per heavy atom. The lowest BCUT2D eigenvalue weighted by atomic mass is 10.00. The van der Waals surface area contributed by atoms with Crippen LogP contribution in [0.25, 0.3) is 0 Å². The SMILES string of the molecule is O=C(C(c1ccc(F)cc1)N1CCCCC1)N(CCO)Cc1ccccc1.O=CO. The molecule has 30 heavy (non-hydrogen) atoms. The van der Waals surface area contributed by atoms with E-state index >= 15 is 0 Å². The molecule has 1 fully saturated rings. The molecule has 7 heteroatoms. The molecule has 1 amide bonds. The smallest absolute Gasteiger partial charge is 0.290 e. The molecule has 1 saturated heterocycles. The van der Waals surface area contributed by atoms with Gasteiger partial charge in [0.15, 0.2) is 0 Å². The standard InChI is InChI=1S/C22H27FN2O2.CH2O2/c23-20-11-9-19(10-12-20)21(24-13-5-2-6-14-24)22(27)25(15-16-26)17-18-7-3-1-4-8-18;2-1-3/h1,3-4,7-12,21,26H,2,5-6,13-17H2;1H,(H,2,3). The summed E-state index contributed by atoms with van der Waals surface area (Å²) >= 11 is 0. The maximum atomic E-state index is 13.5. The highest BCUT2D eigenvalue weighted by atomic mass is 19.1. The fourth-order valence-electron chi connectivity index (χ4n) is 3.70. The zero-order chi connectivity index (χ0) is 21.8. The maximum Gasteiger partial charge on any atom is 0.290 e. The minimum atomic E-state index is -0.443. The van der Waals surface area contributed by atoms with Gasteiger partial charge < -0.3 is 15.1 Å². The molecule has 1 atom stereocenters. The van der Waals surface area contributed by atoms with Gasteiger partial charge in [-0.1, -0.05) is 48.9 Å². The van der Waals surface area contributed by atoms with E-state index < -0.39 is 6.04 Å². The van der Waals surface area contributed by atoms with Crippen molar-refractivity contribution in [1.82, 2.24) is 9.80 Å². The summed E-state index contributed by atoms with van der Waals surface area (Å²) in [5.74, 6) is -0.346. The number of hydrogen-bond donors (Lipinski definition) is 2. The molecule has 162 valence electrons. The van der Waals surface area contributed by atoms with Crippen LogP contribution in [0.1, 0.15) is 36.4 Å². The molecule has 2 aromatic rings. The molecule has 0 bridgehead atoms. The Morgan fingerprint density at radius 3 is 2.23 bits per heavy atom. The quantitative estimate of drug-likeness (QED) is 0.678. The zero-order valence-corrected chi connectivity index (χ0v) is 17.0. The maximum absolute atomic E-state index is 13.5. The Morgan fingerprint density at radius 2 is 1.67 bits per heavy atom. The summed E-state index contributed by atoms with van der Waals surface area (Å²) in [6.45, 7) is 2.10. The number of rotatable bonds is 7. The minimum Gasteiger partial charge on any atom is -0.483 e. The van der Waals surface area contributed by atoms with Gasteiger partial charge >= 0.3 is 0 Å². The van der Waals surface area contributed by atoms with Gasteiger partial charge in [-0.25, -0.2) is 4.39 Å². The monoisotopic (exact) mass is 416 g/mol. The number of nitrogens with zero attached hydrogens (tertiary/aromatic N) is 2. The molecule has 6 nitrogen and oxygen atoms in total. The lowest BCUT2D eigenvalue weighted by Gasteiger charge is -2.37. The predicted molar refractivity (Wildman–Crippen MR) is 112 cm³/mol. The number of benzene rings is 2. The molecule has 1 unspecified atom stereocenters. The normalized spacial score (nSPS) is 14.9. The van der Waals surface area contributed by atoms with Gasteiger partial charge in [-0.05, 0) is 49.2 Å². The molecule has 1 aliphatic heterocycles. The van der Waals surface area contributed by atoms with Crippen molar-refractivity contribution in [3.8, 4) is 0 Å². The molecular weight excluding hydrogens is 387 g/mol. The van der Waals surface area contributed by atoms with Crippen LogP contribution in [0.15, 0.2) is 54.6 Å². The first-order chi connectivity index (χ1) is 14.6. The number of hydrogen-bond acceptors (Lipinski definition) is 4. The van der Waals surface area contributed by atoms with Crippen LogP contribution in [0.5, 0.6) is 0 Å².